The van der Waals surface area contributed by atoms with Crippen LogP contribution in [0.4, 0.5) is 0 Å². The fourth-order valence-corrected chi connectivity index (χ4v) is 3.20. The van der Waals surface area contributed by atoms with Crippen LogP contribution in [0.5, 0.6) is 0 Å². The van der Waals surface area contributed by atoms with E-state index in [-0.39, 0.29) is 29.5 Å². The third kappa shape index (κ3) is 4.14. The Bertz CT molecular complexity index is 782. The van der Waals surface area contributed by atoms with Gasteiger partial charge in [0.05, 0.1) is 6.10 Å². The summed E-state index contributed by atoms with van der Waals surface area (Å²) in [4.78, 5) is 28.8. The highest BCUT2D eigenvalue weighted by Gasteiger charge is 2.35. The molecular weight excluding hydrogens is 318 g/mol. The number of nitrogens with zero attached hydrogens (tertiary/aromatic N) is 2. The van der Waals surface area contributed by atoms with Gasteiger partial charge in [0.25, 0.3) is 11.5 Å². The Balaban J connectivity index is 1.74. The van der Waals surface area contributed by atoms with Crippen LogP contribution in [0.3, 0.4) is 0 Å². The van der Waals surface area contributed by atoms with E-state index in [1.54, 1.807) is 23.0 Å². The molecule has 1 amide bonds. The first-order chi connectivity index (χ1) is 12.1. The molecule has 1 unspecified atom stereocenters. The largest absolute Gasteiger partial charge is 0.393 e. The second-order valence-corrected chi connectivity index (χ2v) is 6.53. The van der Waals surface area contributed by atoms with Crippen LogP contribution >= 0.6 is 0 Å². The van der Waals surface area contributed by atoms with Crippen molar-refractivity contribution in [3.8, 4) is 0 Å². The van der Waals surface area contributed by atoms with Crippen molar-refractivity contribution in [2.75, 3.05) is 0 Å². The number of carbonyl (C=O) groups excluding carboxylic acids is 1. The maximum atomic E-state index is 12.6. The summed E-state index contributed by atoms with van der Waals surface area (Å²) in [6.07, 6.45) is 5.04. The molecule has 1 aliphatic rings. The van der Waals surface area contributed by atoms with Gasteiger partial charge in [-0.3, -0.25) is 14.6 Å². The lowest BCUT2D eigenvalue weighted by molar-refractivity contribution is 0.0238. The zero-order chi connectivity index (χ0) is 17.8. The lowest BCUT2D eigenvalue weighted by atomic mass is 9.76. The first-order valence-corrected chi connectivity index (χ1v) is 8.66. The van der Waals surface area contributed by atoms with Crippen LogP contribution in [0.25, 0.3) is 0 Å². The number of carbonyl (C=O) groups is 1. The lowest BCUT2D eigenvalue weighted by Gasteiger charge is -2.38. The van der Waals surface area contributed by atoms with E-state index in [9.17, 15) is 14.7 Å². The first kappa shape index (κ1) is 17.4. The minimum absolute atomic E-state index is 0.112. The number of aliphatic hydroxyl groups is 1. The van der Waals surface area contributed by atoms with Gasteiger partial charge in [-0.05, 0) is 43.9 Å². The molecule has 0 radical (unpaired) electrons. The predicted molar refractivity (Wildman–Crippen MR) is 94.3 cm³/mol. The molecule has 2 aromatic heterocycles. The predicted octanol–water partition coefficient (Wildman–Crippen LogP) is 1.38. The number of aliphatic hydroxyl groups excluding tert-OH is 1. The fourth-order valence-electron chi connectivity index (χ4n) is 3.20. The third-order valence-electron chi connectivity index (χ3n) is 4.79. The summed E-state index contributed by atoms with van der Waals surface area (Å²) in [6, 6.07) is 8.62. The molecule has 0 aliphatic heterocycles. The maximum Gasteiger partial charge on any atom is 0.251 e. The highest BCUT2D eigenvalue weighted by Crippen LogP contribution is 2.31. The van der Waals surface area contributed by atoms with E-state index in [1.165, 1.54) is 6.07 Å². The van der Waals surface area contributed by atoms with Gasteiger partial charge in [-0.15, -0.1) is 0 Å². The zero-order valence-electron chi connectivity index (χ0n) is 14.3. The van der Waals surface area contributed by atoms with Crippen molar-refractivity contribution in [1.82, 2.24) is 14.9 Å². The second kappa shape index (κ2) is 7.61. The highest BCUT2D eigenvalue weighted by atomic mass is 16.3. The molecular formula is C19H23N3O3. The summed E-state index contributed by atoms with van der Waals surface area (Å²) in [5.74, 6) is -0.0420. The minimum Gasteiger partial charge on any atom is -0.393 e. The van der Waals surface area contributed by atoms with Crippen molar-refractivity contribution in [2.24, 2.45) is 5.92 Å². The molecule has 0 aromatic carbocycles. The van der Waals surface area contributed by atoms with Gasteiger partial charge in [-0.2, -0.15) is 0 Å². The Kier molecular flexibility index (Phi) is 5.28. The number of hydrogen-bond acceptors (Lipinski definition) is 4. The van der Waals surface area contributed by atoms with Gasteiger partial charge in [-0.25, -0.2) is 0 Å². The Morgan fingerprint density at radius 2 is 2.20 bits per heavy atom. The van der Waals surface area contributed by atoms with Crippen LogP contribution in [-0.4, -0.2) is 32.7 Å². The molecule has 6 heteroatoms. The summed E-state index contributed by atoms with van der Waals surface area (Å²) in [5.41, 5.74) is 1.08. The topological polar surface area (TPSA) is 84.2 Å². The second-order valence-electron chi connectivity index (χ2n) is 6.53. The number of nitrogens with one attached hydrogen (secondary N) is 1. The Labute approximate surface area is 146 Å². The van der Waals surface area contributed by atoms with E-state index in [2.05, 4.69) is 10.3 Å². The molecule has 0 spiro atoms. The molecule has 2 aromatic rings. The first-order valence-electron chi connectivity index (χ1n) is 8.66. The summed E-state index contributed by atoms with van der Waals surface area (Å²) < 4.78 is 1.55. The van der Waals surface area contributed by atoms with Gasteiger partial charge in [-0.1, -0.05) is 6.07 Å². The van der Waals surface area contributed by atoms with Crippen LogP contribution < -0.4 is 10.9 Å². The van der Waals surface area contributed by atoms with E-state index < -0.39 is 0 Å². The number of rotatable bonds is 6. The van der Waals surface area contributed by atoms with E-state index in [1.807, 2.05) is 25.1 Å². The quantitative estimate of drug-likeness (QED) is 0.831. The van der Waals surface area contributed by atoms with Gasteiger partial charge >= 0.3 is 0 Å². The van der Waals surface area contributed by atoms with Crippen LogP contribution in [0, 0.1) is 5.92 Å². The van der Waals surface area contributed by atoms with E-state index in [0.29, 0.717) is 31.4 Å². The van der Waals surface area contributed by atoms with E-state index in [4.69, 9.17) is 0 Å². The smallest absolute Gasteiger partial charge is 0.251 e. The molecule has 6 nitrogen and oxygen atoms in total. The van der Waals surface area contributed by atoms with Crippen molar-refractivity contribution in [3.05, 3.63) is 64.3 Å². The minimum atomic E-state index is -0.290. The molecule has 0 saturated heterocycles. The van der Waals surface area contributed by atoms with Gasteiger partial charge in [0.2, 0.25) is 0 Å². The number of aryl methyl sites for hydroxylation is 1. The molecule has 25 heavy (non-hydrogen) atoms. The Hall–Kier alpha value is -2.47. The average molecular weight is 341 g/mol. The molecule has 1 atom stereocenters. The molecule has 2 N–H and O–H groups in total. The molecule has 1 fully saturated rings. The highest BCUT2D eigenvalue weighted by molar-refractivity contribution is 5.94. The summed E-state index contributed by atoms with van der Waals surface area (Å²) in [6.45, 7) is 2.45. The molecule has 2 heterocycles. The van der Waals surface area contributed by atoms with Crippen molar-refractivity contribution < 1.29 is 9.90 Å². The van der Waals surface area contributed by atoms with Gasteiger partial charge < -0.3 is 15.0 Å². The number of hydrogen-bond donors (Lipinski definition) is 2. The monoisotopic (exact) mass is 341 g/mol. The van der Waals surface area contributed by atoms with Gasteiger partial charge in [0.15, 0.2) is 0 Å². The Morgan fingerprint density at radius 1 is 1.40 bits per heavy atom. The Morgan fingerprint density at radius 3 is 2.80 bits per heavy atom. The number of pyridine rings is 2. The molecule has 1 saturated carbocycles. The van der Waals surface area contributed by atoms with Crippen molar-refractivity contribution in [1.29, 1.82) is 0 Å². The van der Waals surface area contributed by atoms with Crippen LogP contribution in [0.1, 0.15) is 35.8 Å². The van der Waals surface area contributed by atoms with Crippen molar-refractivity contribution in [2.45, 2.75) is 44.9 Å². The summed E-state index contributed by atoms with van der Waals surface area (Å²) in [7, 11) is 0. The summed E-state index contributed by atoms with van der Waals surface area (Å²) >= 11 is 0. The van der Waals surface area contributed by atoms with Crippen LogP contribution in [0.2, 0.25) is 0 Å². The average Bonchev–Trinajstić information content (AvgIpc) is 2.59. The number of aromatic nitrogens is 2. The van der Waals surface area contributed by atoms with Crippen molar-refractivity contribution in [3.63, 3.8) is 0 Å². The zero-order valence-corrected chi connectivity index (χ0v) is 14.3. The SMILES string of the molecule is CCn1ccc(C(=O)NC(Cc2ccccn2)C2CC(O)C2)cc1=O. The third-order valence-corrected chi connectivity index (χ3v) is 4.79. The van der Waals surface area contributed by atoms with Crippen LogP contribution in [-0.2, 0) is 13.0 Å². The maximum absolute atomic E-state index is 12.6. The molecule has 132 valence electrons. The number of amides is 1. The normalized spacial score (nSPS) is 20.6. The molecule has 3 rings (SSSR count). The van der Waals surface area contributed by atoms with E-state index >= 15 is 0 Å². The fraction of sp³-hybridized carbons (Fsp3) is 0.421. The van der Waals surface area contributed by atoms with Gasteiger partial charge in [0.1, 0.15) is 0 Å². The standard InChI is InChI=1S/C19H23N3O3/c1-2-22-8-6-13(11-18(22)24)19(25)21-17(14-9-16(23)10-14)12-15-5-3-4-7-20-15/h3-8,11,14,16-17,23H,2,9-10,12H2,1H3,(H,21,25). The molecule has 0 bridgehead atoms. The lowest BCUT2D eigenvalue weighted by Crippen LogP contribution is -2.48. The van der Waals surface area contributed by atoms with Crippen LogP contribution in [0.15, 0.2) is 47.5 Å². The summed E-state index contributed by atoms with van der Waals surface area (Å²) in [5, 5.41) is 12.6. The van der Waals surface area contributed by atoms with E-state index in [0.717, 1.165) is 5.69 Å². The van der Waals surface area contributed by atoms with Crippen molar-refractivity contribution >= 4 is 5.91 Å². The molecule has 1 aliphatic carbocycles. The van der Waals surface area contributed by atoms with Gasteiger partial charge in [0, 0.05) is 48.7 Å².